The summed E-state index contributed by atoms with van der Waals surface area (Å²) in [7, 11) is 0. The van der Waals surface area contributed by atoms with Crippen molar-refractivity contribution in [2.45, 2.75) is 19.3 Å². The number of rotatable bonds is 5. The largest absolute Gasteiger partial charge is 0.481 e. The predicted molar refractivity (Wildman–Crippen MR) is 71.0 cm³/mol. The Kier molecular flexibility index (Phi) is 3.70. The molecule has 1 fully saturated rings. The number of nitro groups is 1. The maximum absolute atomic E-state index is 11.2. The summed E-state index contributed by atoms with van der Waals surface area (Å²) >= 11 is 3.18. The van der Waals surface area contributed by atoms with Crippen LogP contribution < -0.4 is 5.32 Å². The molecule has 2 N–H and O–H groups in total. The minimum absolute atomic E-state index is 0.117. The number of nitrogens with zero attached hydrogens (tertiary/aromatic N) is 2. The molecule has 0 spiro atoms. The fraction of sp³-hybridized carbons (Fsp3) is 0.455. The quantitative estimate of drug-likeness (QED) is 0.634. The van der Waals surface area contributed by atoms with E-state index in [-0.39, 0.29) is 12.2 Å². The van der Waals surface area contributed by atoms with E-state index in [0.717, 1.165) is 12.6 Å². The van der Waals surface area contributed by atoms with Crippen LogP contribution in [0.5, 0.6) is 0 Å². The molecule has 1 aromatic heterocycles. The van der Waals surface area contributed by atoms with E-state index in [1.54, 1.807) is 0 Å². The third-order valence-electron chi connectivity index (χ3n) is 3.40. The third kappa shape index (κ3) is 2.67. The molecule has 102 valence electrons. The minimum Gasteiger partial charge on any atom is -0.481 e. The van der Waals surface area contributed by atoms with Crippen LogP contribution in [0.4, 0.5) is 11.5 Å². The summed E-state index contributed by atoms with van der Waals surface area (Å²) in [6.45, 7) is 0.270. The highest BCUT2D eigenvalue weighted by Gasteiger charge is 2.44. The molecule has 1 aliphatic carbocycles. The maximum Gasteiger partial charge on any atom is 0.311 e. The average Bonchev–Trinajstić information content (AvgIpc) is 2.28. The van der Waals surface area contributed by atoms with Gasteiger partial charge in [-0.2, -0.15) is 0 Å². The van der Waals surface area contributed by atoms with E-state index in [1.807, 2.05) is 0 Å². The topological polar surface area (TPSA) is 105 Å². The van der Waals surface area contributed by atoms with Crippen molar-refractivity contribution in [1.29, 1.82) is 0 Å². The second-order valence-electron chi connectivity index (χ2n) is 4.57. The van der Waals surface area contributed by atoms with Crippen molar-refractivity contribution >= 4 is 33.4 Å². The van der Waals surface area contributed by atoms with Crippen molar-refractivity contribution in [2.75, 3.05) is 11.9 Å². The van der Waals surface area contributed by atoms with Crippen molar-refractivity contribution in [3.63, 3.8) is 0 Å². The lowest BCUT2D eigenvalue weighted by molar-refractivity contribution is -0.385. The van der Waals surface area contributed by atoms with Gasteiger partial charge in [-0.25, -0.2) is 4.98 Å². The summed E-state index contributed by atoms with van der Waals surface area (Å²) in [5.41, 5.74) is -0.850. The van der Waals surface area contributed by atoms with Crippen LogP contribution in [-0.4, -0.2) is 27.5 Å². The van der Waals surface area contributed by atoms with E-state index < -0.39 is 16.3 Å². The van der Waals surface area contributed by atoms with E-state index in [0.29, 0.717) is 23.1 Å². The number of carbonyl (C=O) groups is 1. The van der Waals surface area contributed by atoms with E-state index in [1.165, 1.54) is 6.07 Å². The van der Waals surface area contributed by atoms with Gasteiger partial charge >= 0.3 is 5.97 Å². The smallest absolute Gasteiger partial charge is 0.311 e. The number of halogens is 1. The van der Waals surface area contributed by atoms with Crippen molar-refractivity contribution in [3.05, 3.63) is 26.9 Å². The molecule has 8 heteroatoms. The monoisotopic (exact) mass is 329 g/mol. The number of aliphatic carboxylic acids is 1. The fourth-order valence-corrected chi connectivity index (χ4v) is 2.46. The molecule has 1 aromatic rings. The van der Waals surface area contributed by atoms with Crippen LogP contribution in [0.1, 0.15) is 19.3 Å². The summed E-state index contributed by atoms with van der Waals surface area (Å²) in [6.07, 6.45) is 3.32. The second kappa shape index (κ2) is 5.12. The van der Waals surface area contributed by atoms with Gasteiger partial charge in [0.2, 0.25) is 0 Å². The Morgan fingerprint density at radius 2 is 2.32 bits per heavy atom. The molecule has 0 radical (unpaired) electrons. The Bertz CT molecular complexity index is 531. The Labute approximate surface area is 117 Å². The van der Waals surface area contributed by atoms with Crippen molar-refractivity contribution in [1.82, 2.24) is 4.98 Å². The highest BCUT2D eigenvalue weighted by Crippen LogP contribution is 2.41. The molecule has 1 aliphatic rings. The molecular formula is C11H12BrN3O4. The van der Waals surface area contributed by atoms with Gasteiger partial charge in [-0.3, -0.25) is 14.9 Å². The van der Waals surface area contributed by atoms with Crippen LogP contribution in [0.15, 0.2) is 16.7 Å². The molecule has 0 unspecified atom stereocenters. The molecule has 0 aliphatic heterocycles. The summed E-state index contributed by atoms with van der Waals surface area (Å²) in [5, 5.41) is 22.7. The van der Waals surface area contributed by atoms with Crippen LogP contribution >= 0.6 is 15.9 Å². The zero-order chi connectivity index (χ0) is 14.0. The first-order valence-electron chi connectivity index (χ1n) is 5.72. The van der Waals surface area contributed by atoms with Gasteiger partial charge < -0.3 is 10.4 Å². The van der Waals surface area contributed by atoms with E-state index in [4.69, 9.17) is 0 Å². The number of hydrogen-bond donors (Lipinski definition) is 2. The van der Waals surface area contributed by atoms with Crippen molar-refractivity contribution in [2.24, 2.45) is 5.41 Å². The summed E-state index contributed by atoms with van der Waals surface area (Å²) in [4.78, 5) is 25.2. The van der Waals surface area contributed by atoms with Gasteiger partial charge in [0.05, 0.1) is 14.8 Å². The standard InChI is InChI=1S/C11H12BrN3O4/c12-8-4-7(15(18)19)5-13-9(8)14-6-11(10(16)17)2-1-3-11/h4-5H,1-3,6H2,(H,13,14)(H,16,17). The molecule has 7 nitrogen and oxygen atoms in total. The normalized spacial score (nSPS) is 16.5. The molecule has 0 atom stereocenters. The van der Waals surface area contributed by atoms with Gasteiger partial charge in [0.1, 0.15) is 12.0 Å². The minimum atomic E-state index is -0.815. The van der Waals surface area contributed by atoms with E-state index in [2.05, 4.69) is 26.2 Å². The molecular weight excluding hydrogens is 318 g/mol. The summed E-state index contributed by atoms with van der Waals surface area (Å²) in [6, 6.07) is 1.34. The first-order chi connectivity index (χ1) is 8.94. The molecule has 1 heterocycles. The number of anilines is 1. The van der Waals surface area contributed by atoms with Gasteiger partial charge in [0.15, 0.2) is 0 Å². The molecule has 0 bridgehead atoms. The number of nitrogens with one attached hydrogen (secondary N) is 1. The van der Waals surface area contributed by atoms with Crippen LogP contribution in [0.25, 0.3) is 0 Å². The average molecular weight is 330 g/mol. The van der Waals surface area contributed by atoms with Crippen LogP contribution in [0.2, 0.25) is 0 Å². The first kappa shape index (κ1) is 13.7. The SMILES string of the molecule is O=C(O)C1(CNc2ncc([N+](=O)[O-])cc2Br)CCC1. The molecule has 1 saturated carbocycles. The molecule has 0 saturated heterocycles. The van der Waals surface area contributed by atoms with Crippen LogP contribution in [0, 0.1) is 15.5 Å². The highest BCUT2D eigenvalue weighted by molar-refractivity contribution is 9.10. The van der Waals surface area contributed by atoms with Gasteiger partial charge in [-0.15, -0.1) is 0 Å². The third-order valence-corrected chi connectivity index (χ3v) is 4.00. The Hall–Kier alpha value is -1.70. The van der Waals surface area contributed by atoms with Gasteiger partial charge in [-0.1, -0.05) is 6.42 Å². The lowest BCUT2D eigenvalue weighted by atomic mass is 9.69. The lowest BCUT2D eigenvalue weighted by Gasteiger charge is -2.37. The van der Waals surface area contributed by atoms with E-state index in [9.17, 15) is 20.0 Å². The highest BCUT2D eigenvalue weighted by atomic mass is 79.9. The van der Waals surface area contributed by atoms with Gasteiger partial charge in [0, 0.05) is 12.6 Å². The number of hydrogen-bond acceptors (Lipinski definition) is 5. The van der Waals surface area contributed by atoms with Crippen molar-refractivity contribution in [3.8, 4) is 0 Å². The van der Waals surface area contributed by atoms with Gasteiger partial charge in [0.25, 0.3) is 5.69 Å². The first-order valence-corrected chi connectivity index (χ1v) is 6.51. The molecule has 0 aromatic carbocycles. The number of aromatic nitrogens is 1. The van der Waals surface area contributed by atoms with Gasteiger partial charge in [-0.05, 0) is 28.8 Å². The molecule has 19 heavy (non-hydrogen) atoms. The zero-order valence-corrected chi connectivity index (χ0v) is 11.5. The predicted octanol–water partition coefficient (Wildman–Crippen LogP) is 2.42. The molecule has 0 amide bonds. The molecule has 2 rings (SSSR count). The fourth-order valence-electron chi connectivity index (χ4n) is 1.98. The Morgan fingerprint density at radius 1 is 1.63 bits per heavy atom. The Balaban J connectivity index is 2.08. The number of carboxylic acid groups (broad SMARTS) is 1. The zero-order valence-electron chi connectivity index (χ0n) is 9.93. The second-order valence-corrected chi connectivity index (χ2v) is 5.43. The summed E-state index contributed by atoms with van der Waals surface area (Å²) in [5.74, 6) is -0.401. The van der Waals surface area contributed by atoms with Crippen LogP contribution in [-0.2, 0) is 4.79 Å². The number of pyridine rings is 1. The van der Waals surface area contributed by atoms with Crippen molar-refractivity contribution < 1.29 is 14.8 Å². The number of carboxylic acids is 1. The van der Waals surface area contributed by atoms with Crippen LogP contribution in [0.3, 0.4) is 0 Å². The van der Waals surface area contributed by atoms with E-state index >= 15 is 0 Å². The lowest BCUT2D eigenvalue weighted by Crippen LogP contribution is -2.43. The Morgan fingerprint density at radius 3 is 2.74 bits per heavy atom. The maximum atomic E-state index is 11.2. The summed E-state index contributed by atoms with van der Waals surface area (Å²) < 4.78 is 0.446.